The fourth-order valence-corrected chi connectivity index (χ4v) is 3.80. The van der Waals surface area contributed by atoms with Crippen molar-refractivity contribution in [3.63, 3.8) is 0 Å². The molecule has 0 aliphatic rings. The van der Waals surface area contributed by atoms with Crippen molar-refractivity contribution in [2.24, 2.45) is 0 Å². The molecule has 0 saturated carbocycles. The van der Waals surface area contributed by atoms with E-state index in [0.717, 1.165) is 12.1 Å². The van der Waals surface area contributed by atoms with Gasteiger partial charge < -0.3 is 14.8 Å². The number of benzene rings is 3. The molecule has 0 radical (unpaired) electrons. The van der Waals surface area contributed by atoms with Gasteiger partial charge in [-0.3, -0.25) is 4.79 Å². The molecule has 1 heterocycles. The predicted molar refractivity (Wildman–Crippen MR) is 130 cm³/mol. The first-order valence-electron chi connectivity index (χ1n) is 10.7. The Morgan fingerprint density at radius 1 is 1.00 bits per heavy atom. The van der Waals surface area contributed by atoms with Crippen LogP contribution in [0.15, 0.2) is 72.8 Å². The highest BCUT2D eigenvalue weighted by Gasteiger charge is 2.30. The van der Waals surface area contributed by atoms with Crippen LogP contribution in [0.3, 0.4) is 0 Å². The summed E-state index contributed by atoms with van der Waals surface area (Å²) in [5, 5.41) is 7.73. The molecule has 6 nitrogen and oxygen atoms in total. The molecule has 4 aromatic rings. The smallest absolute Gasteiger partial charge is 0.416 e. The summed E-state index contributed by atoms with van der Waals surface area (Å²) < 4.78 is 51.3. The van der Waals surface area contributed by atoms with Crippen LogP contribution in [0, 0.1) is 0 Å². The molecular weight excluding hydrogens is 495 g/mol. The topological polar surface area (TPSA) is 65.4 Å². The number of halogens is 4. The van der Waals surface area contributed by atoms with Gasteiger partial charge in [0, 0.05) is 23.2 Å². The maximum atomic E-state index is 13.2. The summed E-state index contributed by atoms with van der Waals surface area (Å²) in [6.07, 6.45) is -4.47. The van der Waals surface area contributed by atoms with E-state index in [0.29, 0.717) is 39.0 Å². The molecule has 0 atom stereocenters. The zero-order valence-corrected chi connectivity index (χ0v) is 20.0. The second kappa shape index (κ2) is 10.3. The van der Waals surface area contributed by atoms with E-state index in [1.54, 1.807) is 48.5 Å². The van der Waals surface area contributed by atoms with E-state index in [1.807, 2.05) is 0 Å². The van der Waals surface area contributed by atoms with Gasteiger partial charge in [0.05, 0.1) is 31.2 Å². The van der Waals surface area contributed by atoms with E-state index >= 15 is 0 Å². The number of hydrogen-bond donors (Lipinski definition) is 1. The van der Waals surface area contributed by atoms with Crippen molar-refractivity contribution in [1.29, 1.82) is 0 Å². The molecule has 0 fully saturated rings. The molecule has 0 aliphatic carbocycles. The van der Waals surface area contributed by atoms with E-state index in [1.165, 1.54) is 31.0 Å². The maximum Gasteiger partial charge on any atom is 0.416 e. The van der Waals surface area contributed by atoms with Crippen LogP contribution in [0.25, 0.3) is 16.9 Å². The molecule has 4 rings (SSSR count). The zero-order chi connectivity index (χ0) is 25.9. The van der Waals surface area contributed by atoms with Gasteiger partial charge in [-0.05, 0) is 54.1 Å². The second-order valence-corrected chi connectivity index (χ2v) is 8.19. The lowest BCUT2D eigenvalue weighted by Gasteiger charge is -2.11. The van der Waals surface area contributed by atoms with Crippen LogP contribution < -0.4 is 14.8 Å². The number of methoxy groups -OCH3 is 2. The average Bonchev–Trinajstić information content (AvgIpc) is 3.32. The standard InChI is InChI=1S/C26H21ClF3N3O3/c1-35-20-9-10-21(24(13-20)36-2)22-14-23(33(32-22)19-8-4-7-18(27)12-19)25(34)31-15-16-5-3-6-17(11-16)26(28,29)30/h3-14H,15H2,1-2H3,(H,31,34). The van der Waals surface area contributed by atoms with E-state index in [-0.39, 0.29) is 12.2 Å². The number of alkyl halides is 3. The first-order valence-corrected chi connectivity index (χ1v) is 11.1. The number of ether oxygens (including phenoxy) is 2. The van der Waals surface area contributed by atoms with Crippen LogP contribution in [0.5, 0.6) is 11.5 Å². The van der Waals surface area contributed by atoms with Crippen molar-refractivity contribution in [2.75, 3.05) is 14.2 Å². The van der Waals surface area contributed by atoms with Crippen LogP contribution in [-0.2, 0) is 12.7 Å². The zero-order valence-electron chi connectivity index (χ0n) is 19.3. The minimum absolute atomic E-state index is 0.106. The number of nitrogens with one attached hydrogen (secondary N) is 1. The van der Waals surface area contributed by atoms with Gasteiger partial charge in [0.2, 0.25) is 0 Å². The first kappa shape index (κ1) is 25.1. The third kappa shape index (κ3) is 5.46. The molecular formula is C26H21ClF3N3O3. The van der Waals surface area contributed by atoms with Gasteiger partial charge in [-0.15, -0.1) is 0 Å². The molecule has 0 spiro atoms. The van der Waals surface area contributed by atoms with Gasteiger partial charge >= 0.3 is 6.18 Å². The van der Waals surface area contributed by atoms with Crippen LogP contribution in [0.2, 0.25) is 5.02 Å². The molecule has 1 N–H and O–H groups in total. The average molecular weight is 516 g/mol. The summed E-state index contributed by atoms with van der Waals surface area (Å²) in [5.41, 5.74) is 1.28. The lowest BCUT2D eigenvalue weighted by molar-refractivity contribution is -0.137. The van der Waals surface area contributed by atoms with E-state index in [9.17, 15) is 18.0 Å². The molecule has 0 saturated heterocycles. The fourth-order valence-electron chi connectivity index (χ4n) is 3.62. The van der Waals surface area contributed by atoms with Crippen LogP contribution in [0.1, 0.15) is 21.6 Å². The van der Waals surface area contributed by atoms with Gasteiger partial charge in [0.1, 0.15) is 17.2 Å². The second-order valence-electron chi connectivity index (χ2n) is 7.75. The number of hydrogen-bond acceptors (Lipinski definition) is 4. The highest BCUT2D eigenvalue weighted by atomic mass is 35.5. The van der Waals surface area contributed by atoms with Crippen LogP contribution in [0.4, 0.5) is 13.2 Å². The van der Waals surface area contributed by atoms with Gasteiger partial charge in [0.25, 0.3) is 5.91 Å². The van der Waals surface area contributed by atoms with Crippen LogP contribution in [-0.4, -0.2) is 29.9 Å². The number of amides is 1. The Morgan fingerprint density at radius 2 is 1.78 bits per heavy atom. The third-order valence-corrected chi connectivity index (χ3v) is 5.62. The normalized spacial score (nSPS) is 11.3. The lowest BCUT2D eigenvalue weighted by Crippen LogP contribution is -2.25. The summed E-state index contributed by atoms with van der Waals surface area (Å²) in [7, 11) is 3.05. The number of nitrogens with zero attached hydrogens (tertiary/aromatic N) is 2. The summed E-state index contributed by atoms with van der Waals surface area (Å²) in [6, 6.07) is 18.4. The highest BCUT2D eigenvalue weighted by Crippen LogP contribution is 2.34. The minimum atomic E-state index is -4.47. The van der Waals surface area contributed by atoms with Gasteiger partial charge in [-0.25, -0.2) is 4.68 Å². The van der Waals surface area contributed by atoms with Crippen molar-refractivity contribution in [3.8, 4) is 28.4 Å². The summed E-state index contributed by atoms with van der Waals surface area (Å²) in [5.74, 6) is 0.545. The number of carbonyl (C=O) groups is 1. The van der Waals surface area contributed by atoms with Crippen molar-refractivity contribution >= 4 is 17.5 Å². The van der Waals surface area contributed by atoms with Crippen LogP contribution >= 0.6 is 11.6 Å². The fraction of sp³-hybridized carbons (Fsp3) is 0.154. The first-order chi connectivity index (χ1) is 17.2. The van der Waals surface area contributed by atoms with E-state index in [4.69, 9.17) is 21.1 Å². The maximum absolute atomic E-state index is 13.2. The molecule has 1 aromatic heterocycles. The summed E-state index contributed by atoms with van der Waals surface area (Å²) in [4.78, 5) is 13.2. The van der Waals surface area contributed by atoms with Crippen molar-refractivity contribution < 1.29 is 27.4 Å². The van der Waals surface area contributed by atoms with Gasteiger partial charge in [-0.1, -0.05) is 29.8 Å². The van der Waals surface area contributed by atoms with E-state index < -0.39 is 17.6 Å². The molecule has 0 unspecified atom stereocenters. The van der Waals surface area contributed by atoms with Crippen molar-refractivity contribution in [1.82, 2.24) is 15.1 Å². The van der Waals surface area contributed by atoms with Crippen molar-refractivity contribution in [3.05, 3.63) is 94.6 Å². The Kier molecular flexibility index (Phi) is 7.21. The number of rotatable bonds is 7. The third-order valence-electron chi connectivity index (χ3n) is 5.39. The Balaban J connectivity index is 1.70. The van der Waals surface area contributed by atoms with E-state index in [2.05, 4.69) is 10.4 Å². The van der Waals surface area contributed by atoms with Gasteiger partial charge in [0.15, 0.2) is 0 Å². The Bertz CT molecular complexity index is 1400. The summed E-state index contributed by atoms with van der Waals surface area (Å²) in [6.45, 7) is -0.106. The predicted octanol–water partition coefficient (Wildman–Crippen LogP) is 6.16. The largest absolute Gasteiger partial charge is 0.497 e. The Labute approximate surface area is 210 Å². The quantitative estimate of drug-likeness (QED) is 0.320. The SMILES string of the molecule is COc1ccc(-c2cc(C(=O)NCc3cccc(C(F)(F)F)c3)n(-c3cccc(Cl)c3)n2)c(OC)c1. The molecule has 0 bridgehead atoms. The molecule has 3 aromatic carbocycles. The monoisotopic (exact) mass is 515 g/mol. The Hall–Kier alpha value is -3.98. The molecule has 186 valence electrons. The number of carbonyl (C=O) groups excluding carboxylic acids is 1. The highest BCUT2D eigenvalue weighted by molar-refractivity contribution is 6.30. The van der Waals surface area contributed by atoms with Crippen molar-refractivity contribution in [2.45, 2.75) is 12.7 Å². The molecule has 0 aliphatic heterocycles. The van der Waals surface area contributed by atoms with Gasteiger partial charge in [-0.2, -0.15) is 18.3 Å². The Morgan fingerprint density at radius 3 is 2.47 bits per heavy atom. The molecule has 36 heavy (non-hydrogen) atoms. The molecule has 1 amide bonds. The summed E-state index contributed by atoms with van der Waals surface area (Å²) >= 11 is 6.16. The number of aromatic nitrogens is 2. The minimum Gasteiger partial charge on any atom is -0.497 e. The molecule has 10 heteroatoms. The lowest BCUT2D eigenvalue weighted by atomic mass is 10.1.